The van der Waals surface area contributed by atoms with Crippen LogP contribution in [0.4, 0.5) is 15.8 Å². The van der Waals surface area contributed by atoms with Crippen molar-refractivity contribution < 1.29 is 14.0 Å². The van der Waals surface area contributed by atoms with Crippen molar-refractivity contribution in [3.05, 3.63) is 65.7 Å². The molecule has 0 saturated heterocycles. The Morgan fingerprint density at radius 1 is 1.12 bits per heavy atom. The summed E-state index contributed by atoms with van der Waals surface area (Å²) in [6.07, 6.45) is 2.70. The van der Waals surface area contributed by atoms with E-state index in [0.29, 0.717) is 10.9 Å². The smallest absolute Gasteiger partial charge is 0.257 e. The maximum absolute atomic E-state index is 14.2. The van der Waals surface area contributed by atoms with Gasteiger partial charge in [0, 0.05) is 29.0 Å². The van der Waals surface area contributed by atoms with Crippen molar-refractivity contribution in [3.63, 3.8) is 0 Å². The molecule has 1 heterocycles. The van der Waals surface area contributed by atoms with Crippen LogP contribution in [0.15, 0.2) is 48.8 Å². The number of amides is 2. The number of aromatic nitrogens is 1. The molecular formula is C18H15FN4O2. The minimum Gasteiger partial charge on any atom is -0.396 e. The number of nitrogens with zero attached hydrogens (tertiary/aromatic N) is 1. The van der Waals surface area contributed by atoms with Crippen molar-refractivity contribution in [3.8, 4) is 0 Å². The number of primary amides is 1. The van der Waals surface area contributed by atoms with Crippen LogP contribution in [0.25, 0.3) is 10.8 Å². The predicted octanol–water partition coefficient (Wildman–Crippen LogP) is 2.24. The van der Waals surface area contributed by atoms with Gasteiger partial charge in [0.15, 0.2) is 5.82 Å². The zero-order valence-corrected chi connectivity index (χ0v) is 13.1. The van der Waals surface area contributed by atoms with Crippen LogP contribution >= 0.6 is 0 Å². The Labute approximate surface area is 142 Å². The molecule has 0 radical (unpaired) electrons. The molecule has 126 valence electrons. The van der Waals surface area contributed by atoms with Crippen LogP contribution in [0.5, 0.6) is 0 Å². The van der Waals surface area contributed by atoms with Gasteiger partial charge in [-0.2, -0.15) is 0 Å². The number of hydrogen-bond donors (Lipinski definition) is 3. The summed E-state index contributed by atoms with van der Waals surface area (Å²) in [6, 6.07) is 10.0. The summed E-state index contributed by atoms with van der Waals surface area (Å²) in [7, 11) is 0. The summed E-state index contributed by atoms with van der Waals surface area (Å²) >= 11 is 0. The fourth-order valence-corrected chi connectivity index (χ4v) is 2.59. The highest BCUT2D eigenvalue weighted by molar-refractivity contribution is 6.12. The van der Waals surface area contributed by atoms with Gasteiger partial charge in [0.1, 0.15) is 0 Å². The zero-order valence-electron chi connectivity index (χ0n) is 13.1. The number of nitrogens with one attached hydrogen (secondary N) is 1. The van der Waals surface area contributed by atoms with E-state index in [4.69, 9.17) is 11.5 Å². The monoisotopic (exact) mass is 338 g/mol. The lowest BCUT2D eigenvalue weighted by molar-refractivity contribution is -0.117. The molecule has 0 fully saturated rings. The fourth-order valence-electron chi connectivity index (χ4n) is 2.59. The molecular weight excluding hydrogens is 323 g/mol. The van der Waals surface area contributed by atoms with E-state index in [0.717, 1.165) is 5.39 Å². The highest BCUT2D eigenvalue weighted by Gasteiger charge is 2.18. The quantitative estimate of drug-likeness (QED) is 0.633. The molecule has 0 atom stereocenters. The number of benzene rings is 2. The molecule has 6 nitrogen and oxygen atoms in total. The highest BCUT2D eigenvalue weighted by Crippen LogP contribution is 2.26. The van der Waals surface area contributed by atoms with Crippen molar-refractivity contribution in [1.29, 1.82) is 0 Å². The van der Waals surface area contributed by atoms with Gasteiger partial charge in [-0.1, -0.05) is 24.3 Å². The summed E-state index contributed by atoms with van der Waals surface area (Å²) in [6.45, 7) is 0. The van der Waals surface area contributed by atoms with Gasteiger partial charge in [-0.15, -0.1) is 0 Å². The molecule has 7 heteroatoms. The molecule has 0 aliphatic carbocycles. The van der Waals surface area contributed by atoms with Crippen LogP contribution in [0.3, 0.4) is 0 Å². The number of halogens is 1. The maximum atomic E-state index is 14.2. The van der Waals surface area contributed by atoms with Crippen molar-refractivity contribution in [2.75, 3.05) is 11.1 Å². The molecule has 2 aromatic carbocycles. The summed E-state index contributed by atoms with van der Waals surface area (Å²) in [5.41, 5.74) is 11.0. The lowest BCUT2D eigenvalue weighted by Crippen LogP contribution is -2.19. The summed E-state index contributed by atoms with van der Waals surface area (Å²) in [5, 5.41) is 4.12. The summed E-state index contributed by atoms with van der Waals surface area (Å²) in [4.78, 5) is 27.9. The standard InChI is InChI=1S/C18H15FN4O2/c19-17-12(7-16(21)24)15(6-5-14(17)20)23-18(25)13-9-22-8-10-3-1-2-4-11(10)13/h1-6,8-9H,7,20H2,(H2,21,24)(H,23,25). The Morgan fingerprint density at radius 3 is 2.64 bits per heavy atom. The number of nitrogens with two attached hydrogens (primary N) is 2. The van der Waals surface area contributed by atoms with Gasteiger partial charge < -0.3 is 16.8 Å². The highest BCUT2D eigenvalue weighted by atomic mass is 19.1. The number of pyridine rings is 1. The minimum atomic E-state index is -0.771. The molecule has 2 amide bonds. The normalized spacial score (nSPS) is 10.6. The molecule has 0 saturated carbocycles. The molecule has 0 bridgehead atoms. The van der Waals surface area contributed by atoms with Crippen LogP contribution in [0, 0.1) is 5.82 Å². The third-order valence-corrected chi connectivity index (χ3v) is 3.79. The second-order valence-corrected chi connectivity index (χ2v) is 5.50. The Hall–Kier alpha value is -3.48. The first-order valence-electron chi connectivity index (χ1n) is 7.46. The van der Waals surface area contributed by atoms with E-state index in [1.54, 1.807) is 18.3 Å². The average molecular weight is 338 g/mol. The van der Waals surface area contributed by atoms with E-state index in [1.807, 2.05) is 12.1 Å². The van der Waals surface area contributed by atoms with Crippen LogP contribution in [-0.2, 0) is 11.2 Å². The van der Waals surface area contributed by atoms with Gasteiger partial charge in [-0.3, -0.25) is 14.6 Å². The largest absolute Gasteiger partial charge is 0.396 e. The van der Waals surface area contributed by atoms with Crippen molar-refractivity contribution >= 4 is 34.0 Å². The lowest BCUT2D eigenvalue weighted by Gasteiger charge is -2.13. The van der Waals surface area contributed by atoms with E-state index in [-0.39, 0.29) is 23.4 Å². The van der Waals surface area contributed by atoms with Crippen molar-refractivity contribution in [1.82, 2.24) is 4.98 Å². The second kappa shape index (κ2) is 6.56. The molecule has 1 aromatic heterocycles. The molecule has 0 unspecified atom stereocenters. The number of carbonyl (C=O) groups is 2. The molecule has 0 spiro atoms. The Morgan fingerprint density at radius 2 is 1.88 bits per heavy atom. The second-order valence-electron chi connectivity index (χ2n) is 5.50. The molecule has 0 aliphatic rings. The van der Waals surface area contributed by atoms with Crippen LogP contribution < -0.4 is 16.8 Å². The van der Waals surface area contributed by atoms with E-state index in [9.17, 15) is 14.0 Å². The van der Waals surface area contributed by atoms with Gasteiger partial charge in [0.05, 0.1) is 17.7 Å². The van der Waals surface area contributed by atoms with Crippen LogP contribution in [0.1, 0.15) is 15.9 Å². The first kappa shape index (κ1) is 16.4. The van der Waals surface area contributed by atoms with Crippen molar-refractivity contribution in [2.45, 2.75) is 6.42 Å². The average Bonchev–Trinajstić information content (AvgIpc) is 2.60. The first-order chi connectivity index (χ1) is 12.0. The first-order valence-corrected chi connectivity index (χ1v) is 7.46. The number of hydrogen-bond acceptors (Lipinski definition) is 4. The topological polar surface area (TPSA) is 111 Å². The van der Waals surface area contributed by atoms with Gasteiger partial charge in [-0.25, -0.2) is 4.39 Å². The Balaban J connectivity index is 2.01. The molecule has 3 rings (SSSR count). The minimum absolute atomic E-state index is 0.0472. The fraction of sp³-hybridized carbons (Fsp3) is 0.0556. The van der Waals surface area contributed by atoms with Crippen LogP contribution in [-0.4, -0.2) is 16.8 Å². The third-order valence-electron chi connectivity index (χ3n) is 3.79. The lowest BCUT2D eigenvalue weighted by atomic mass is 10.1. The maximum Gasteiger partial charge on any atom is 0.257 e. The molecule has 25 heavy (non-hydrogen) atoms. The zero-order chi connectivity index (χ0) is 18.0. The molecule has 5 N–H and O–H groups in total. The molecule has 0 aliphatic heterocycles. The number of carbonyl (C=O) groups excluding carboxylic acids is 2. The number of anilines is 2. The van der Waals surface area contributed by atoms with Gasteiger partial charge in [-0.05, 0) is 17.5 Å². The van der Waals surface area contributed by atoms with E-state index in [1.165, 1.54) is 18.3 Å². The third kappa shape index (κ3) is 3.25. The van der Waals surface area contributed by atoms with Crippen molar-refractivity contribution in [2.24, 2.45) is 5.73 Å². The van der Waals surface area contributed by atoms with Gasteiger partial charge >= 0.3 is 0 Å². The number of fused-ring (bicyclic) bond motifs is 1. The summed E-state index contributed by atoms with van der Waals surface area (Å²) < 4.78 is 14.2. The van der Waals surface area contributed by atoms with E-state index in [2.05, 4.69) is 10.3 Å². The predicted molar refractivity (Wildman–Crippen MR) is 93.4 cm³/mol. The SMILES string of the molecule is NC(=O)Cc1c(NC(=O)c2cncc3ccccc23)ccc(N)c1F. The van der Waals surface area contributed by atoms with Crippen LogP contribution in [0.2, 0.25) is 0 Å². The van der Waals surface area contributed by atoms with Gasteiger partial charge in [0.25, 0.3) is 5.91 Å². The number of rotatable bonds is 4. The van der Waals surface area contributed by atoms with E-state index >= 15 is 0 Å². The Bertz CT molecular complexity index is 983. The molecule has 3 aromatic rings. The van der Waals surface area contributed by atoms with E-state index < -0.39 is 17.6 Å². The number of nitrogen functional groups attached to an aromatic ring is 1. The Kier molecular flexibility index (Phi) is 4.30. The summed E-state index contributed by atoms with van der Waals surface area (Å²) in [5.74, 6) is -1.97. The van der Waals surface area contributed by atoms with Gasteiger partial charge in [0.2, 0.25) is 5.91 Å².